The lowest BCUT2D eigenvalue weighted by atomic mass is 10.1. The summed E-state index contributed by atoms with van der Waals surface area (Å²) in [7, 11) is 0. The molecule has 2 rings (SSSR count). The standard InChI is InChI=1S/C14H10F2N2O3/c15-9-3-1-8(14(20)21)6-12(9)18-13(19)7-2-4-11(17)10(16)5-7/h1-6H,17H2,(H,18,19)(H,20,21). The molecule has 4 N–H and O–H groups in total. The normalized spacial score (nSPS) is 10.2. The first kappa shape index (κ1) is 14.4. The van der Waals surface area contributed by atoms with Crippen molar-refractivity contribution in [3.8, 4) is 0 Å². The van der Waals surface area contributed by atoms with Gasteiger partial charge < -0.3 is 16.2 Å². The number of halogens is 2. The topological polar surface area (TPSA) is 92.4 Å². The second-order valence-corrected chi connectivity index (χ2v) is 4.19. The number of aromatic carboxylic acids is 1. The van der Waals surface area contributed by atoms with Crippen LogP contribution in [0.15, 0.2) is 36.4 Å². The maximum absolute atomic E-state index is 13.6. The van der Waals surface area contributed by atoms with Crippen molar-refractivity contribution >= 4 is 23.3 Å². The molecule has 0 saturated carbocycles. The predicted octanol–water partition coefficient (Wildman–Crippen LogP) is 2.50. The third kappa shape index (κ3) is 3.14. The summed E-state index contributed by atoms with van der Waals surface area (Å²) >= 11 is 0. The molecule has 0 fully saturated rings. The second-order valence-electron chi connectivity index (χ2n) is 4.19. The predicted molar refractivity (Wildman–Crippen MR) is 72.1 cm³/mol. The molecule has 0 aliphatic carbocycles. The van der Waals surface area contributed by atoms with Gasteiger partial charge in [-0.25, -0.2) is 13.6 Å². The molecule has 5 nitrogen and oxygen atoms in total. The fourth-order valence-corrected chi connectivity index (χ4v) is 1.62. The van der Waals surface area contributed by atoms with E-state index in [1.165, 1.54) is 12.1 Å². The van der Waals surface area contributed by atoms with Crippen molar-refractivity contribution in [2.45, 2.75) is 0 Å². The van der Waals surface area contributed by atoms with Crippen molar-refractivity contribution < 1.29 is 23.5 Å². The van der Waals surface area contributed by atoms with Gasteiger partial charge in [0.25, 0.3) is 5.91 Å². The molecular formula is C14H10F2N2O3. The number of nitrogen functional groups attached to an aromatic ring is 1. The molecular weight excluding hydrogens is 282 g/mol. The Morgan fingerprint density at radius 1 is 1.00 bits per heavy atom. The van der Waals surface area contributed by atoms with E-state index >= 15 is 0 Å². The number of nitrogens with one attached hydrogen (secondary N) is 1. The Balaban J connectivity index is 2.28. The number of benzene rings is 2. The molecule has 0 saturated heterocycles. The maximum atomic E-state index is 13.6. The van der Waals surface area contributed by atoms with Crippen LogP contribution in [0.2, 0.25) is 0 Å². The highest BCUT2D eigenvalue weighted by Gasteiger charge is 2.13. The minimum atomic E-state index is -1.26. The average molecular weight is 292 g/mol. The Labute approximate surface area is 118 Å². The van der Waals surface area contributed by atoms with Gasteiger partial charge in [0, 0.05) is 5.56 Å². The molecule has 7 heteroatoms. The van der Waals surface area contributed by atoms with Crippen LogP contribution in [-0.4, -0.2) is 17.0 Å². The Bertz CT molecular complexity index is 732. The van der Waals surface area contributed by atoms with E-state index in [1.54, 1.807) is 0 Å². The van der Waals surface area contributed by atoms with E-state index in [4.69, 9.17) is 10.8 Å². The number of amides is 1. The van der Waals surface area contributed by atoms with Crippen LogP contribution in [-0.2, 0) is 0 Å². The Kier molecular flexibility index (Phi) is 3.84. The van der Waals surface area contributed by atoms with E-state index < -0.39 is 23.5 Å². The van der Waals surface area contributed by atoms with E-state index in [0.717, 1.165) is 24.3 Å². The van der Waals surface area contributed by atoms with Crippen molar-refractivity contribution in [3.63, 3.8) is 0 Å². The van der Waals surface area contributed by atoms with Crippen LogP contribution in [0.25, 0.3) is 0 Å². The van der Waals surface area contributed by atoms with Crippen molar-refractivity contribution in [2.75, 3.05) is 11.1 Å². The number of carbonyl (C=O) groups excluding carboxylic acids is 1. The summed E-state index contributed by atoms with van der Waals surface area (Å²) < 4.78 is 26.8. The van der Waals surface area contributed by atoms with E-state index in [0.29, 0.717) is 0 Å². The number of carbonyl (C=O) groups is 2. The van der Waals surface area contributed by atoms with Crippen LogP contribution in [0.5, 0.6) is 0 Å². The number of rotatable bonds is 3. The summed E-state index contributed by atoms with van der Waals surface area (Å²) in [6.45, 7) is 0. The summed E-state index contributed by atoms with van der Waals surface area (Å²) in [4.78, 5) is 22.7. The van der Waals surface area contributed by atoms with Crippen LogP contribution in [0.1, 0.15) is 20.7 Å². The number of hydrogen-bond acceptors (Lipinski definition) is 3. The van der Waals surface area contributed by atoms with Gasteiger partial charge in [0.15, 0.2) is 0 Å². The van der Waals surface area contributed by atoms with Gasteiger partial charge in [-0.1, -0.05) is 0 Å². The molecule has 108 valence electrons. The minimum absolute atomic E-state index is 0.0678. The molecule has 2 aromatic carbocycles. The van der Waals surface area contributed by atoms with E-state index in [-0.39, 0.29) is 22.5 Å². The highest BCUT2D eigenvalue weighted by Crippen LogP contribution is 2.18. The summed E-state index contributed by atoms with van der Waals surface area (Å²) in [5.41, 5.74) is 4.61. The third-order valence-corrected chi connectivity index (χ3v) is 2.72. The highest BCUT2D eigenvalue weighted by molar-refractivity contribution is 6.05. The van der Waals surface area contributed by atoms with Crippen molar-refractivity contribution in [1.82, 2.24) is 0 Å². The van der Waals surface area contributed by atoms with Gasteiger partial charge >= 0.3 is 5.97 Å². The Morgan fingerprint density at radius 3 is 2.29 bits per heavy atom. The molecule has 0 aromatic heterocycles. The van der Waals surface area contributed by atoms with Gasteiger partial charge in [0.1, 0.15) is 11.6 Å². The number of nitrogens with two attached hydrogens (primary N) is 1. The van der Waals surface area contributed by atoms with Gasteiger partial charge in [-0.15, -0.1) is 0 Å². The quantitative estimate of drug-likeness (QED) is 0.758. The lowest BCUT2D eigenvalue weighted by Gasteiger charge is -2.08. The first-order valence-corrected chi connectivity index (χ1v) is 5.77. The zero-order valence-electron chi connectivity index (χ0n) is 10.6. The smallest absolute Gasteiger partial charge is 0.335 e. The fraction of sp³-hybridized carbons (Fsp3) is 0. The molecule has 1 amide bonds. The average Bonchev–Trinajstić information content (AvgIpc) is 2.43. The largest absolute Gasteiger partial charge is 0.478 e. The molecule has 2 aromatic rings. The molecule has 0 atom stereocenters. The Morgan fingerprint density at radius 2 is 1.67 bits per heavy atom. The van der Waals surface area contributed by atoms with Gasteiger partial charge in [-0.2, -0.15) is 0 Å². The molecule has 0 bridgehead atoms. The molecule has 0 radical (unpaired) electrons. The zero-order valence-corrected chi connectivity index (χ0v) is 10.6. The van der Waals surface area contributed by atoms with Crippen molar-refractivity contribution in [3.05, 3.63) is 59.2 Å². The van der Waals surface area contributed by atoms with Crippen LogP contribution < -0.4 is 11.1 Å². The van der Waals surface area contributed by atoms with Gasteiger partial charge in [-0.05, 0) is 36.4 Å². The van der Waals surface area contributed by atoms with Gasteiger partial charge in [-0.3, -0.25) is 4.79 Å². The summed E-state index contributed by atoms with van der Waals surface area (Å²) in [6.07, 6.45) is 0. The fourth-order valence-electron chi connectivity index (χ4n) is 1.62. The SMILES string of the molecule is Nc1ccc(C(=O)Nc2cc(C(=O)O)ccc2F)cc1F. The zero-order chi connectivity index (χ0) is 15.6. The summed E-state index contributed by atoms with van der Waals surface area (Å²) in [5.74, 6) is -3.62. The van der Waals surface area contributed by atoms with Crippen molar-refractivity contribution in [1.29, 1.82) is 0 Å². The maximum Gasteiger partial charge on any atom is 0.335 e. The van der Waals surface area contributed by atoms with E-state index in [2.05, 4.69) is 5.32 Å². The van der Waals surface area contributed by atoms with Crippen LogP contribution in [0.3, 0.4) is 0 Å². The number of carboxylic acids is 1. The van der Waals surface area contributed by atoms with Gasteiger partial charge in [0.05, 0.1) is 16.9 Å². The lowest BCUT2D eigenvalue weighted by Crippen LogP contribution is -2.14. The minimum Gasteiger partial charge on any atom is -0.478 e. The monoisotopic (exact) mass is 292 g/mol. The molecule has 0 aliphatic heterocycles. The number of carboxylic acid groups (broad SMARTS) is 1. The van der Waals surface area contributed by atoms with Crippen LogP contribution in [0.4, 0.5) is 20.2 Å². The first-order valence-electron chi connectivity index (χ1n) is 5.77. The molecule has 0 unspecified atom stereocenters. The summed E-state index contributed by atoms with van der Waals surface area (Å²) in [5, 5.41) is 11.0. The first-order chi connectivity index (χ1) is 9.88. The molecule has 21 heavy (non-hydrogen) atoms. The summed E-state index contributed by atoms with van der Waals surface area (Å²) in [6, 6.07) is 6.34. The third-order valence-electron chi connectivity index (χ3n) is 2.72. The highest BCUT2D eigenvalue weighted by atomic mass is 19.1. The van der Waals surface area contributed by atoms with Gasteiger partial charge in [0.2, 0.25) is 0 Å². The Hall–Kier alpha value is -2.96. The van der Waals surface area contributed by atoms with E-state index in [1.807, 2.05) is 0 Å². The lowest BCUT2D eigenvalue weighted by molar-refractivity contribution is 0.0696. The van der Waals surface area contributed by atoms with Crippen LogP contribution >= 0.6 is 0 Å². The second kappa shape index (κ2) is 5.58. The molecule has 0 heterocycles. The number of anilines is 2. The molecule has 0 aliphatic rings. The number of hydrogen-bond donors (Lipinski definition) is 3. The van der Waals surface area contributed by atoms with Crippen LogP contribution in [0, 0.1) is 11.6 Å². The molecule has 0 spiro atoms. The van der Waals surface area contributed by atoms with Crippen molar-refractivity contribution in [2.24, 2.45) is 0 Å². The van der Waals surface area contributed by atoms with E-state index in [9.17, 15) is 18.4 Å².